The Morgan fingerprint density at radius 2 is 1.19 bits per heavy atom. The van der Waals surface area contributed by atoms with E-state index >= 15 is 0 Å². The zero-order chi connectivity index (χ0) is 20.2. The molecule has 1 atom stereocenters. The third-order valence-electron chi connectivity index (χ3n) is 5.36. The molecule has 0 rings (SSSR count). The van der Waals surface area contributed by atoms with E-state index in [4.69, 9.17) is 5.11 Å². The topological polar surface area (TPSA) is 60.8 Å². The van der Waals surface area contributed by atoms with Crippen molar-refractivity contribution in [2.45, 2.75) is 116 Å². The van der Waals surface area contributed by atoms with Crippen LogP contribution in [0.2, 0.25) is 0 Å². The number of rotatable bonds is 21. The number of ketones is 1. The van der Waals surface area contributed by atoms with Crippen LogP contribution in [0, 0.1) is 0 Å². The molecule has 0 spiro atoms. The summed E-state index contributed by atoms with van der Waals surface area (Å²) in [4.78, 5) is 13.7. The van der Waals surface area contributed by atoms with Crippen LogP contribution in [0.25, 0.3) is 0 Å². The molecule has 0 aliphatic rings. The largest absolute Gasteiger partial charge is 0.395 e. The van der Waals surface area contributed by atoms with Crippen molar-refractivity contribution < 1.29 is 15.0 Å². The van der Waals surface area contributed by atoms with E-state index in [2.05, 4.69) is 6.92 Å². The predicted molar refractivity (Wildman–Crippen MR) is 115 cm³/mol. The molecule has 0 aromatic rings. The van der Waals surface area contributed by atoms with Crippen LogP contribution in [0.15, 0.2) is 0 Å². The molecule has 4 heteroatoms. The number of unbranched alkanes of at least 4 members (excludes halogenated alkanes) is 14. The van der Waals surface area contributed by atoms with Crippen LogP contribution in [0.5, 0.6) is 0 Å². The average molecular weight is 386 g/mol. The maximum absolute atomic E-state index is 11.9. The fourth-order valence-corrected chi connectivity index (χ4v) is 3.50. The highest BCUT2D eigenvalue weighted by atomic mass is 16.3. The van der Waals surface area contributed by atoms with Gasteiger partial charge < -0.3 is 15.1 Å². The van der Waals surface area contributed by atoms with Crippen molar-refractivity contribution >= 4 is 5.78 Å². The fraction of sp³-hybridized carbons (Fsp3) is 0.957. The zero-order valence-electron chi connectivity index (χ0n) is 18.3. The SMILES string of the molecule is CCCCCCCCCCCCCCCCCC(=O)C(O)CN(C)CCO. The van der Waals surface area contributed by atoms with E-state index in [1.807, 2.05) is 0 Å². The van der Waals surface area contributed by atoms with E-state index in [1.165, 1.54) is 83.5 Å². The molecule has 0 saturated heterocycles. The number of carbonyl (C=O) groups is 1. The summed E-state index contributed by atoms with van der Waals surface area (Å²) in [5.74, 6) is -0.0607. The molecule has 0 aromatic carbocycles. The van der Waals surface area contributed by atoms with Crippen LogP contribution >= 0.6 is 0 Å². The summed E-state index contributed by atoms with van der Waals surface area (Å²) >= 11 is 0. The fourth-order valence-electron chi connectivity index (χ4n) is 3.50. The summed E-state index contributed by atoms with van der Waals surface area (Å²) in [7, 11) is 1.81. The highest BCUT2D eigenvalue weighted by Crippen LogP contribution is 2.14. The predicted octanol–water partition coefficient (Wildman–Crippen LogP) is 5.10. The Hall–Kier alpha value is -0.450. The first-order valence-electron chi connectivity index (χ1n) is 11.6. The highest BCUT2D eigenvalue weighted by Gasteiger charge is 2.16. The highest BCUT2D eigenvalue weighted by molar-refractivity contribution is 5.82. The van der Waals surface area contributed by atoms with Crippen molar-refractivity contribution in [3.8, 4) is 0 Å². The Labute approximate surface area is 168 Å². The molecule has 0 aliphatic heterocycles. The van der Waals surface area contributed by atoms with Gasteiger partial charge in [0.05, 0.1) is 6.61 Å². The normalized spacial score (nSPS) is 12.6. The number of likely N-dealkylation sites (N-methyl/N-ethyl adjacent to an activating group) is 1. The second-order valence-corrected chi connectivity index (χ2v) is 8.17. The summed E-state index contributed by atoms with van der Waals surface area (Å²) in [6.45, 7) is 3.13. The second kappa shape index (κ2) is 20.3. The van der Waals surface area contributed by atoms with E-state index in [1.54, 1.807) is 11.9 Å². The molecule has 0 saturated carbocycles. The van der Waals surface area contributed by atoms with Crippen LogP contribution in [-0.2, 0) is 4.79 Å². The number of carbonyl (C=O) groups excluding carboxylic acids is 1. The minimum Gasteiger partial charge on any atom is -0.395 e. The molecule has 2 N–H and O–H groups in total. The van der Waals surface area contributed by atoms with Gasteiger partial charge in [0.1, 0.15) is 6.10 Å². The summed E-state index contributed by atoms with van der Waals surface area (Å²) in [6, 6.07) is 0. The van der Waals surface area contributed by atoms with Gasteiger partial charge in [-0.3, -0.25) is 4.79 Å². The van der Waals surface area contributed by atoms with Gasteiger partial charge in [0.2, 0.25) is 0 Å². The standard InChI is InChI=1S/C23H47NO3/c1-3-4-5-6-7-8-9-10-11-12-13-14-15-16-17-18-22(26)23(27)21-24(2)19-20-25/h23,25,27H,3-21H2,1-2H3. The minimum atomic E-state index is -0.909. The van der Waals surface area contributed by atoms with E-state index in [0.717, 1.165) is 12.8 Å². The van der Waals surface area contributed by atoms with Crippen LogP contribution in [0.1, 0.15) is 110 Å². The molecule has 4 nitrogen and oxygen atoms in total. The third-order valence-corrected chi connectivity index (χ3v) is 5.36. The lowest BCUT2D eigenvalue weighted by molar-refractivity contribution is -0.128. The van der Waals surface area contributed by atoms with Crippen LogP contribution in [0.3, 0.4) is 0 Å². The Balaban J connectivity index is 3.29. The first-order valence-corrected chi connectivity index (χ1v) is 11.6. The minimum absolute atomic E-state index is 0.0520. The molecule has 0 radical (unpaired) electrons. The van der Waals surface area contributed by atoms with E-state index in [9.17, 15) is 9.90 Å². The lowest BCUT2D eigenvalue weighted by atomic mass is 10.0. The first-order chi connectivity index (χ1) is 13.1. The lowest BCUT2D eigenvalue weighted by Crippen LogP contribution is -2.36. The maximum atomic E-state index is 11.9. The molecular formula is C23H47NO3. The quantitative estimate of drug-likeness (QED) is 0.270. The molecule has 0 aliphatic carbocycles. The van der Waals surface area contributed by atoms with Gasteiger partial charge in [-0.1, -0.05) is 96.8 Å². The van der Waals surface area contributed by atoms with Gasteiger partial charge >= 0.3 is 0 Å². The number of nitrogens with zero attached hydrogens (tertiary/aromatic N) is 1. The van der Waals surface area contributed by atoms with Gasteiger partial charge in [0, 0.05) is 19.5 Å². The molecule has 1 unspecified atom stereocenters. The van der Waals surface area contributed by atoms with Gasteiger partial charge in [0.15, 0.2) is 5.78 Å². The van der Waals surface area contributed by atoms with Crippen LogP contribution < -0.4 is 0 Å². The monoisotopic (exact) mass is 385 g/mol. The van der Waals surface area contributed by atoms with Gasteiger partial charge in [-0.15, -0.1) is 0 Å². The smallest absolute Gasteiger partial charge is 0.162 e. The van der Waals surface area contributed by atoms with Crippen molar-refractivity contribution in [1.82, 2.24) is 4.90 Å². The van der Waals surface area contributed by atoms with E-state index < -0.39 is 6.10 Å². The van der Waals surface area contributed by atoms with Crippen molar-refractivity contribution in [2.24, 2.45) is 0 Å². The molecule has 0 amide bonds. The van der Waals surface area contributed by atoms with E-state index in [-0.39, 0.29) is 12.4 Å². The molecular weight excluding hydrogens is 338 g/mol. The van der Waals surface area contributed by atoms with Crippen LogP contribution in [0.4, 0.5) is 0 Å². The molecule has 162 valence electrons. The maximum Gasteiger partial charge on any atom is 0.162 e. The summed E-state index contributed by atoms with van der Waals surface area (Å²) in [6.07, 6.45) is 19.3. The van der Waals surface area contributed by atoms with Crippen molar-refractivity contribution in [2.75, 3.05) is 26.7 Å². The van der Waals surface area contributed by atoms with Gasteiger partial charge in [-0.25, -0.2) is 0 Å². The summed E-state index contributed by atoms with van der Waals surface area (Å²) in [5, 5.41) is 18.7. The molecule has 0 fully saturated rings. The number of aliphatic hydroxyl groups is 2. The average Bonchev–Trinajstić information content (AvgIpc) is 2.64. The van der Waals surface area contributed by atoms with Crippen molar-refractivity contribution in [3.63, 3.8) is 0 Å². The first kappa shape index (κ1) is 26.6. The van der Waals surface area contributed by atoms with Gasteiger partial charge in [-0.2, -0.15) is 0 Å². The molecule has 0 aromatic heterocycles. The molecule has 0 bridgehead atoms. The number of aliphatic hydroxyl groups excluding tert-OH is 2. The second-order valence-electron chi connectivity index (χ2n) is 8.17. The van der Waals surface area contributed by atoms with E-state index in [0.29, 0.717) is 19.5 Å². The Bertz CT molecular complexity index is 323. The lowest BCUT2D eigenvalue weighted by Gasteiger charge is -2.18. The zero-order valence-corrected chi connectivity index (χ0v) is 18.3. The van der Waals surface area contributed by atoms with Gasteiger partial charge in [0.25, 0.3) is 0 Å². The van der Waals surface area contributed by atoms with Crippen LogP contribution in [-0.4, -0.2) is 53.7 Å². The Morgan fingerprint density at radius 3 is 1.59 bits per heavy atom. The number of hydrogen-bond donors (Lipinski definition) is 2. The Morgan fingerprint density at radius 1 is 0.778 bits per heavy atom. The van der Waals surface area contributed by atoms with Gasteiger partial charge in [-0.05, 0) is 13.5 Å². The van der Waals surface area contributed by atoms with Crippen molar-refractivity contribution in [1.29, 1.82) is 0 Å². The Kier molecular flexibility index (Phi) is 20.0. The van der Waals surface area contributed by atoms with Crippen molar-refractivity contribution in [3.05, 3.63) is 0 Å². The summed E-state index contributed by atoms with van der Waals surface area (Å²) in [5.41, 5.74) is 0. The summed E-state index contributed by atoms with van der Waals surface area (Å²) < 4.78 is 0. The number of Topliss-reactive ketones (excluding diaryl/α,β-unsaturated/α-hetero) is 1. The molecule has 27 heavy (non-hydrogen) atoms. The molecule has 0 heterocycles. The third kappa shape index (κ3) is 18.7. The number of hydrogen-bond acceptors (Lipinski definition) is 4.